The summed E-state index contributed by atoms with van der Waals surface area (Å²) < 4.78 is 15.6. The second-order valence-electron chi connectivity index (χ2n) is 7.39. The molecular weight excluding hydrogens is 412 g/mol. The first-order valence-corrected chi connectivity index (χ1v) is 10.6. The smallest absolute Gasteiger partial charge is 0.338 e. The van der Waals surface area contributed by atoms with Gasteiger partial charge in [0.1, 0.15) is 17.1 Å². The first kappa shape index (κ1) is 23.1. The number of carbonyl (C=O) groups is 3. The average molecular weight is 440 g/mol. The number of piperidine rings is 1. The number of carbonyl (C=O) groups excluding carboxylic acids is 3. The van der Waals surface area contributed by atoms with Gasteiger partial charge < -0.3 is 24.4 Å². The molecule has 2 aromatic carbocycles. The highest BCUT2D eigenvalue weighted by molar-refractivity contribution is 6.00. The van der Waals surface area contributed by atoms with Crippen LogP contribution in [0.1, 0.15) is 40.5 Å². The molecule has 1 aliphatic heterocycles. The number of likely N-dealkylation sites (tertiary alicyclic amines) is 1. The fraction of sp³-hybridized carbons (Fsp3) is 0.375. The predicted molar refractivity (Wildman–Crippen MR) is 119 cm³/mol. The quantitative estimate of drug-likeness (QED) is 0.664. The van der Waals surface area contributed by atoms with E-state index in [-0.39, 0.29) is 17.7 Å². The van der Waals surface area contributed by atoms with Crippen LogP contribution in [0, 0.1) is 5.92 Å². The third-order valence-electron chi connectivity index (χ3n) is 5.46. The van der Waals surface area contributed by atoms with Gasteiger partial charge in [-0.15, -0.1) is 0 Å². The summed E-state index contributed by atoms with van der Waals surface area (Å²) in [5.41, 5.74) is 1.44. The molecule has 0 atom stereocenters. The number of amides is 2. The van der Waals surface area contributed by atoms with Crippen LogP contribution in [0.25, 0.3) is 0 Å². The summed E-state index contributed by atoms with van der Waals surface area (Å²) in [5.74, 6) is 0.0435. The zero-order chi connectivity index (χ0) is 23.1. The van der Waals surface area contributed by atoms with Gasteiger partial charge >= 0.3 is 5.97 Å². The van der Waals surface area contributed by atoms with E-state index in [9.17, 15) is 14.4 Å². The lowest BCUT2D eigenvalue weighted by molar-refractivity contribution is -0.121. The molecule has 0 saturated carbocycles. The number of hydrogen-bond donors (Lipinski definition) is 1. The number of anilines is 1. The summed E-state index contributed by atoms with van der Waals surface area (Å²) in [6.07, 6.45) is 1.10. The van der Waals surface area contributed by atoms with Crippen LogP contribution in [0.2, 0.25) is 0 Å². The van der Waals surface area contributed by atoms with Crippen LogP contribution in [0.4, 0.5) is 5.69 Å². The molecule has 0 aromatic heterocycles. The molecule has 1 N–H and O–H groups in total. The molecule has 0 spiro atoms. The Balaban J connectivity index is 1.58. The summed E-state index contributed by atoms with van der Waals surface area (Å²) >= 11 is 0. The van der Waals surface area contributed by atoms with Crippen LogP contribution < -0.4 is 14.8 Å². The molecule has 3 rings (SSSR count). The number of hydrogen-bond acceptors (Lipinski definition) is 6. The Morgan fingerprint density at radius 3 is 2.09 bits per heavy atom. The Labute approximate surface area is 187 Å². The lowest BCUT2D eigenvalue weighted by Crippen LogP contribution is -2.41. The number of ether oxygens (including phenoxy) is 3. The number of benzene rings is 2. The van der Waals surface area contributed by atoms with Crippen molar-refractivity contribution >= 4 is 23.5 Å². The minimum atomic E-state index is -0.394. The molecule has 1 heterocycles. The Bertz CT molecular complexity index is 943. The van der Waals surface area contributed by atoms with E-state index in [1.165, 1.54) is 14.2 Å². The van der Waals surface area contributed by atoms with Crippen molar-refractivity contribution in [3.8, 4) is 11.5 Å². The van der Waals surface area contributed by atoms with Gasteiger partial charge in [0.25, 0.3) is 5.91 Å². The van der Waals surface area contributed by atoms with Crippen LogP contribution in [0.5, 0.6) is 11.5 Å². The molecule has 0 unspecified atom stereocenters. The first-order valence-electron chi connectivity index (χ1n) is 10.6. The van der Waals surface area contributed by atoms with Crippen LogP contribution >= 0.6 is 0 Å². The summed E-state index contributed by atoms with van der Waals surface area (Å²) in [7, 11) is 3.03. The van der Waals surface area contributed by atoms with E-state index in [4.69, 9.17) is 14.2 Å². The van der Waals surface area contributed by atoms with E-state index in [0.717, 1.165) is 0 Å². The maximum atomic E-state index is 13.1. The SMILES string of the molecule is CCOC(=O)c1ccc(NC(=O)C2CCN(C(=O)c3c(OC)cccc3OC)CC2)cc1. The maximum Gasteiger partial charge on any atom is 0.338 e. The molecular formula is C24H28N2O6. The fourth-order valence-electron chi connectivity index (χ4n) is 3.71. The van der Waals surface area contributed by atoms with Gasteiger partial charge in [-0.3, -0.25) is 9.59 Å². The summed E-state index contributed by atoms with van der Waals surface area (Å²) in [5, 5.41) is 2.89. The van der Waals surface area contributed by atoms with Crippen molar-refractivity contribution < 1.29 is 28.6 Å². The molecule has 0 bridgehead atoms. The minimum absolute atomic E-state index is 0.101. The number of esters is 1. The summed E-state index contributed by atoms with van der Waals surface area (Å²) in [6.45, 7) is 2.97. The van der Waals surface area contributed by atoms with Crippen molar-refractivity contribution in [2.75, 3.05) is 39.2 Å². The van der Waals surface area contributed by atoms with Crippen molar-refractivity contribution in [2.45, 2.75) is 19.8 Å². The van der Waals surface area contributed by atoms with Crippen molar-refractivity contribution in [3.05, 3.63) is 53.6 Å². The van der Waals surface area contributed by atoms with Crippen LogP contribution in [-0.2, 0) is 9.53 Å². The van der Waals surface area contributed by atoms with E-state index in [2.05, 4.69) is 5.32 Å². The largest absolute Gasteiger partial charge is 0.496 e. The average Bonchev–Trinajstić information content (AvgIpc) is 2.83. The number of nitrogens with zero attached hydrogens (tertiary/aromatic N) is 1. The molecule has 2 aromatic rings. The molecule has 1 saturated heterocycles. The van der Waals surface area contributed by atoms with Crippen LogP contribution in [0.3, 0.4) is 0 Å². The Morgan fingerprint density at radius 1 is 0.969 bits per heavy atom. The van der Waals surface area contributed by atoms with Gasteiger partial charge in [-0.1, -0.05) is 6.07 Å². The maximum absolute atomic E-state index is 13.1. The molecule has 0 radical (unpaired) electrons. The van der Waals surface area contributed by atoms with Crippen molar-refractivity contribution in [1.29, 1.82) is 0 Å². The van der Waals surface area contributed by atoms with Gasteiger partial charge in [0, 0.05) is 24.7 Å². The minimum Gasteiger partial charge on any atom is -0.496 e. The van der Waals surface area contributed by atoms with E-state index in [1.807, 2.05) is 0 Å². The summed E-state index contributed by atoms with van der Waals surface area (Å²) in [6, 6.07) is 11.8. The van der Waals surface area contributed by atoms with Gasteiger partial charge in [0.05, 0.1) is 26.4 Å². The van der Waals surface area contributed by atoms with Gasteiger partial charge in [-0.2, -0.15) is 0 Å². The standard InChI is InChI=1S/C24H28N2O6/c1-4-32-24(29)17-8-10-18(11-9-17)25-22(27)16-12-14-26(15-13-16)23(28)21-19(30-2)6-5-7-20(21)31-3/h5-11,16H,4,12-15H2,1-3H3,(H,25,27). The number of methoxy groups -OCH3 is 2. The Hall–Kier alpha value is -3.55. The number of nitrogens with one attached hydrogen (secondary N) is 1. The molecule has 1 aliphatic rings. The van der Waals surface area contributed by atoms with Gasteiger partial charge in [-0.05, 0) is 56.2 Å². The van der Waals surface area contributed by atoms with Crippen LogP contribution in [0.15, 0.2) is 42.5 Å². The highest BCUT2D eigenvalue weighted by atomic mass is 16.5. The second-order valence-corrected chi connectivity index (χ2v) is 7.39. The van der Waals surface area contributed by atoms with Crippen LogP contribution in [-0.4, -0.2) is 56.6 Å². The molecule has 1 fully saturated rings. The van der Waals surface area contributed by atoms with E-state index in [1.54, 1.807) is 54.3 Å². The Kier molecular flexibility index (Phi) is 7.70. The fourth-order valence-corrected chi connectivity index (χ4v) is 3.71. The highest BCUT2D eigenvalue weighted by Crippen LogP contribution is 2.31. The van der Waals surface area contributed by atoms with Gasteiger partial charge in [-0.25, -0.2) is 4.79 Å². The lowest BCUT2D eigenvalue weighted by Gasteiger charge is -2.32. The third kappa shape index (κ3) is 5.19. The highest BCUT2D eigenvalue weighted by Gasteiger charge is 2.30. The lowest BCUT2D eigenvalue weighted by atomic mass is 9.95. The van der Waals surface area contributed by atoms with Crippen molar-refractivity contribution in [3.63, 3.8) is 0 Å². The summed E-state index contributed by atoms with van der Waals surface area (Å²) in [4.78, 5) is 39.2. The second kappa shape index (κ2) is 10.7. The van der Waals surface area contributed by atoms with Crippen molar-refractivity contribution in [1.82, 2.24) is 4.90 Å². The number of rotatable bonds is 7. The predicted octanol–water partition coefficient (Wildman–Crippen LogP) is 3.37. The zero-order valence-corrected chi connectivity index (χ0v) is 18.6. The third-order valence-corrected chi connectivity index (χ3v) is 5.46. The molecule has 8 nitrogen and oxygen atoms in total. The van der Waals surface area contributed by atoms with E-state index >= 15 is 0 Å². The first-order chi connectivity index (χ1) is 15.5. The molecule has 170 valence electrons. The van der Waals surface area contributed by atoms with Gasteiger partial charge in [0.15, 0.2) is 0 Å². The molecule has 8 heteroatoms. The molecule has 32 heavy (non-hydrogen) atoms. The molecule has 2 amide bonds. The van der Waals surface area contributed by atoms with Gasteiger partial charge in [0.2, 0.25) is 5.91 Å². The van der Waals surface area contributed by atoms with E-state index in [0.29, 0.717) is 60.9 Å². The van der Waals surface area contributed by atoms with E-state index < -0.39 is 5.97 Å². The monoisotopic (exact) mass is 440 g/mol. The van der Waals surface area contributed by atoms with Crippen molar-refractivity contribution in [2.24, 2.45) is 5.92 Å². The normalized spacial score (nSPS) is 13.9. The topological polar surface area (TPSA) is 94.2 Å². The zero-order valence-electron chi connectivity index (χ0n) is 18.6. The Morgan fingerprint density at radius 2 is 1.56 bits per heavy atom. The molecule has 0 aliphatic carbocycles.